The van der Waals surface area contributed by atoms with Gasteiger partial charge in [-0.2, -0.15) is 0 Å². The van der Waals surface area contributed by atoms with Crippen molar-refractivity contribution in [3.05, 3.63) is 35.9 Å². The summed E-state index contributed by atoms with van der Waals surface area (Å²) in [6.07, 6.45) is 8.29. The molecule has 32 heavy (non-hydrogen) atoms. The van der Waals surface area contributed by atoms with Crippen LogP contribution < -0.4 is 5.32 Å². The number of rotatable bonds is 8. The minimum atomic E-state index is -0.316. The molecule has 6 nitrogen and oxygen atoms in total. The van der Waals surface area contributed by atoms with Gasteiger partial charge in [0.1, 0.15) is 0 Å². The van der Waals surface area contributed by atoms with Gasteiger partial charge in [-0.05, 0) is 56.9 Å². The molecule has 4 aliphatic rings. The van der Waals surface area contributed by atoms with E-state index in [0.29, 0.717) is 24.5 Å². The van der Waals surface area contributed by atoms with Crippen LogP contribution in [0.2, 0.25) is 0 Å². The van der Waals surface area contributed by atoms with Crippen LogP contribution in [-0.4, -0.2) is 73.1 Å². The largest absolute Gasteiger partial charge is 0.381 e. The van der Waals surface area contributed by atoms with Crippen LogP contribution in [0.5, 0.6) is 0 Å². The van der Waals surface area contributed by atoms with Crippen LogP contribution in [0.15, 0.2) is 30.3 Å². The van der Waals surface area contributed by atoms with E-state index in [4.69, 9.17) is 4.74 Å². The first-order valence-corrected chi connectivity index (χ1v) is 12.6. The second-order valence-corrected chi connectivity index (χ2v) is 10.1. The molecule has 0 radical (unpaired) electrons. The summed E-state index contributed by atoms with van der Waals surface area (Å²) in [7, 11) is 0. The van der Waals surface area contributed by atoms with Gasteiger partial charge in [-0.1, -0.05) is 30.3 Å². The molecule has 2 saturated heterocycles. The highest BCUT2D eigenvalue weighted by Crippen LogP contribution is 2.48. The first-order valence-electron chi connectivity index (χ1n) is 12.6. The van der Waals surface area contributed by atoms with Crippen LogP contribution >= 0.6 is 0 Å². The van der Waals surface area contributed by atoms with Gasteiger partial charge in [-0.15, -0.1) is 0 Å². The van der Waals surface area contributed by atoms with Gasteiger partial charge in [-0.25, -0.2) is 0 Å². The van der Waals surface area contributed by atoms with Crippen molar-refractivity contribution in [2.75, 3.05) is 39.4 Å². The van der Waals surface area contributed by atoms with Gasteiger partial charge in [0.15, 0.2) is 0 Å². The molecule has 1 aromatic rings. The Morgan fingerprint density at radius 2 is 1.78 bits per heavy atom. The number of ether oxygens (including phenoxy) is 1. The molecule has 1 unspecified atom stereocenters. The van der Waals surface area contributed by atoms with Gasteiger partial charge >= 0.3 is 0 Å². The third-order valence-corrected chi connectivity index (χ3v) is 7.93. The molecule has 4 fully saturated rings. The Morgan fingerprint density at radius 1 is 1.03 bits per heavy atom. The lowest BCUT2D eigenvalue weighted by Crippen LogP contribution is -2.56. The Kier molecular flexibility index (Phi) is 6.51. The Balaban J connectivity index is 1.21. The van der Waals surface area contributed by atoms with Gasteiger partial charge in [0, 0.05) is 57.4 Å². The molecule has 2 aliphatic heterocycles. The zero-order valence-electron chi connectivity index (χ0n) is 19.1. The number of nitrogens with one attached hydrogen (secondary N) is 1. The van der Waals surface area contributed by atoms with Crippen molar-refractivity contribution in [3.8, 4) is 0 Å². The number of piperidine rings is 1. The summed E-state index contributed by atoms with van der Waals surface area (Å²) in [6, 6.07) is 11.1. The lowest BCUT2D eigenvalue weighted by Gasteiger charge is -2.44. The highest BCUT2D eigenvalue weighted by Gasteiger charge is 2.51. The summed E-state index contributed by atoms with van der Waals surface area (Å²) in [4.78, 5) is 30.5. The van der Waals surface area contributed by atoms with Crippen LogP contribution in [0.1, 0.15) is 56.9 Å². The van der Waals surface area contributed by atoms with Crippen molar-refractivity contribution in [2.24, 2.45) is 5.92 Å². The minimum Gasteiger partial charge on any atom is -0.381 e. The first-order chi connectivity index (χ1) is 15.7. The highest BCUT2D eigenvalue weighted by atomic mass is 16.5. The second-order valence-electron chi connectivity index (χ2n) is 10.1. The van der Waals surface area contributed by atoms with Crippen molar-refractivity contribution >= 4 is 11.8 Å². The van der Waals surface area contributed by atoms with Crippen LogP contribution in [0.4, 0.5) is 0 Å². The van der Waals surface area contributed by atoms with E-state index < -0.39 is 0 Å². The topological polar surface area (TPSA) is 61.9 Å². The molecule has 5 rings (SSSR count). The number of carbonyl (C=O) groups excluding carboxylic acids is 2. The number of hydrogen-bond donors (Lipinski definition) is 1. The van der Waals surface area contributed by atoms with E-state index in [1.807, 2.05) is 18.2 Å². The fourth-order valence-corrected chi connectivity index (χ4v) is 5.69. The number of benzene rings is 1. The van der Waals surface area contributed by atoms with Crippen molar-refractivity contribution < 1.29 is 14.3 Å². The number of carbonyl (C=O) groups is 2. The van der Waals surface area contributed by atoms with Gasteiger partial charge < -0.3 is 15.0 Å². The van der Waals surface area contributed by atoms with E-state index in [2.05, 4.69) is 27.2 Å². The highest BCUT2D eigenvalue weighted by molar-refractivity contribution is 5.91. The first kappa shape index (κ1) is 21.9. The van der Waals surface area contributed by atoms with Gasteiger partial charge in [0.05, 0.1) is 5.41 Å². The van der Waals surface area contributed by atoms with Crippen LogP contribution in [-0.2, 0) is 19.7 Å². The van der Waals surface area contributed by atoms with Crippen LogP contribution in [0, 0.1) is 5.92 Å². The molecule has 1 atom stereocenters. The van der Waals surface area contributed by atoms with E-state index in [-0.39, 0.29) is 17.2 Å². The van der Waals surface area contributed by atoms with E-state index in [1.54, 1.807) is 0 Å². The predicted octanol–water partition coefficient (Wildman–Crippen LogP) is 2.72. The molecule has 0 spiro atoms. The average molecular weight is 440 g/mol. The fraction of sp³-hybridized carbons (Fsp3) is 0.692. The summed E-state index contributed by atoms with van der Waals surface area (Å²) in [5.41, 5.74) is 0.823. The Hall–Kier alpha value is -1.92. The molecule has 6 heteroatoms. The fourth-order valence-electron chi connectivity index (χ4n) is 5.69. The van der Waals surface area contributed by atoms with Crippen molar-refractivity contribution in [2.45, 2.75) is 68.9 Å². The normalized spacial score (nSPS) is 25.5. The Labute approximate surface area is 191 Å². The minimum absolute atomic E-state index is 0.171. The summed E-state index contributed by atoms with van der Waals surface area (Å²) >= 11 is 0. The summed E-state index contributed by atoms with van der Waals surface area (Å²) in [6.45, 7) is 4.87. The molecule has 2 heterocycles. The smallest absolute Gasteiger partial charge is 0.230 e. The van der Waals surface area contributed by atoms with Crippen LogP contribution in [0.3, 0.4) is 0 Å². The maximum absolute atomic E-state index is 13.1. The maximum Gasteiger partial charge on any atom is 0.230 e. The summed E-state index contributed by atoms with van der Waals surface area (Å²) in [5, 5.41) is 3.26. The predicted molar refractivity (Wildman–Crippen MR) is 123 cm³/mol. The van der Waals surface area contributed by atoms with Crippen molar-refractivity contribution in [1.29, 1.82) is 0 Å². The number of hydrogen-bond acceptors (Lipinski definition) is 4. The number of likely N-dealkylation sites (tertiary alicyclic amines) is 1. The van der Waals surface area contributed by atoms with Crippen molar-refractivity contribution in [3.63, 3.8) is 0 Å². The zero-order valence-corrected chi connectivity index (χ0v) is 19.1. The number of nitrogens with zero attached hydrogens (tertiary/aromatic N) is 2. The molecular formula is C26H37N3O3. The molecule has 0 aromatic heterocycles. The monoisotopic (exact) mass is 439 g/mol. The van der Waals surface area contributed by atoms with E-state index in [9.17, 15) is 9.59 Å². The summed E-state index contributed by atoms with van der Waals surface area (Å²) in [5.74, 6) is 0.829. The van der Waals surface area contributed by atoms with Gasteiger partial charge in [0.2, 0.25) is 11.8 Å². The Morgan fingerprint density at radius 3 is 2.47 bits per heavy atom. The lowest BCUT2D eigenvalue weighted by molar-refractivity contribution is -0.135. The third kappa shape index (κ3) is 4.72. The van der Waals surface area contributed by atoms with E-state index in [0.717, 1.165) is 89.8 Å². The van der Waals surface area contributed by atoms with Gasteiger partial charge in [-0.3, -0.25) is 14.5 Å². The SMILES string of the molecule is O=C(C1CC1)N1CCCC(N(CCNC(=O)C2(c3ccccc3)CC2)C2CCOCC2)C1. The summed E-state index contributed by atoms with van der Waals surface area (Å²) < 4.78 is 5.62. The number of amides is 2. The molecule has 2 amide bonds. The Bertz CT molecular complexity index is 800. The standard InChI is InChI=1S/C26H37N3O3/c30-24(20-8-9-20)28-15-4-7-23(19-28)29(22-10-17-32-18-11-22)16-14-27-25(31)26(12-13-26)21-5-2-1-3-6-21/h1-3,5-6,20,22-23H,4,7-19H2,(H,27,31). The van der Waals surface area contributed by atoms with Gasteiger partial charge in [0.25, 0.3) is 0 Å². The molecule has 174 valence electrons. The second kappa shape index (κ2) is 9.52. The molecule has 1 aromatic carbocycles. The van der Waals surface area contributed by atoms with Crippen LogP contribution in [0.25, 0.3) is 0 Å². The average Bonchev–Trinajstić information content (AvgIpc) is 3.76. The zero-order chi connectivity index (χ0) is 22.0. The lowest BCUT2D eigenvalue weighted by atomic mass is 9.95. The van der Waals surface area contributed by atoms with E-state index >= 15 is 0 Å². The molecule has 1 N–H and O–H groups in total. The third-order valence-electron chi connectivity index (χ3n) is 7.93. The molecule has 2 aliphatic carbocycles. The maximum atomic E-state index is 13.1. The van der Waals surface area contributed by atoms with E-state index in [1.165, 1.54) is 0 Å². The quantitative estimate of drug-likeness (QED) is 0.677. The molecule has 2 saturated carbocycles. The molecule has 0 bridgehead atoms. The molecular weight excluding hydrogens is 402 g/mol. The van der Waals surface area contributed by atoms with Crippen molar-refractivity contribution in [1.82, 2.24) is 15.1 Å².